The van der Waals surface area contributed by atoms with Gasteiger partial charge in [-0.1, -0.05) is 59.8 Å². The van der Waals surface area contributed by atoms with Gasteiger partial charge in [0.2, 0.25) is 0 Å². The molecule has 3 heteroatoms. The van der Waals surface area contributed by atoms with Crippen molar-refractivity contribution < 1.29 is 4.43 Å². The van der Waals surface area contributed by atoms with Crippen LogP contribution in [0.2, 0.25) is 18.1 Å². The van der Waals surface area contributed by atoms with Gasteiger partial charge in [-0.05, 0) is 43.1 Å². The third kappa shape index (κ3) is 6.97. The summed E-state index contributed by atoms with van der Waals surface area (Å²) in [6, 6.07) is 4.57. The maximum absolute atomic E-state index is 6.31. The molecular formula is C19H36OSSi. The Morgan fingerprint density at radius 3 is 2.18 bits per heavy atom. The second-order valence-corrected chi connectivity index (χ2v) is 14.0. The van der Waals surface area contributed by atoms with Crippen molar-refractivity contribution in [3.05, 3.63) is 21.9 Å². The molecule has 0 spiro atoms. The molecular weight excluding hydrogens is 304 g/mol. The van der Waals surface area contributed by atoms with Crippen LogP contribution in [0.3, 0.4) is 0 Å². The van der Waals surface area contributed by atoms with Crippen LogP contribution >= 0.6 is 11.3 Å². The van der Waals surface area contributed by atoms with Crippen LogP contribution in [0.15, 0.2) is 12.1 Å². The van der Waals surface area contributed by atoms with E-state index in [4.69, 9.17) is 4.43 Å². The van der Waals surface area contributed by atoms with Crippen LogP contribution in [0.25, 0.3) is 0 Å². The topological polar surface area (TPSA) is 9.23 Å². The molecule has 1 nitrogen and oxygen atoms in total. The summed E-state index contributed by atoms with van der Waals surface area (Å²) >= 11 is 1.95. The van der Waals surface area contributed by atoms with E-state index in [-0.39, 0.29) is 0 Å². The summed E-state index contributed by atoms with van der Waals surface area (Å²) in [6.07, 6.45) is 9.51. The number of hydrogen-bond donors (Lipinski definition) is 0. The van der Waals surface area contributed by atoms with Gasteiger partial charge in [0.05, 0.1) is 6.61 Å². The molecule has 0 radical (unpaired) electrons. The van der Waals surface area contributed by atoms with Gasteiger partial charge >= 0.3 is 0 Å². The van der Waals surface area contributed by atoms with E-state index in [9.17, 15) is 0 Å². The SMILES string of the molecule is CCCCCCCCc1ccc(CO[Si](C)(C)C(C)(C)C)s1. The highest BCUT2D eigenvalue weighted by Gasteiger charge is 2.37. The fourth-order valence-corrected chi connectivity index (χ4v) is 4.21. The Kier molecular flexibility index (Phi) is 8.37. The Morgan fingerprint density at radius 2 is 1.55 bits per heavy atom. The highest BCUT2D eigenvalue weighted by Crippen LogP contribution is 2.37. The van der Waals surface area contributed by atoms with Crippen LogP contribution < -0.4 is 0 Å². The van der Waals surface area contributed by atoms with Gasteiger partial charge in [-0.3, -0.25) is 0 Å². The Balaban J connectivity index is 2.30. The van der Waals surface area contributed by atoms with E-state index >= 15 is 0 Å². The lowest BCUT2D eigenvalue weighted by molar-refractivity contribution is 0.279. The summed E-state index contributed by atoms with van der Waals surface area (Å²) in [4.78, 5) is 2.93. The van der Waals surface area contributed by atoms with E-state index in [2.05, 4.69) is 52.9 Å². The Morgan fingerprint density at radius 1 is 0.955 bits per heavy atom. The van der Waals surface area contributed by atoms with Gasteiger partial charge < -0.3 is 4.43 Å². The molecule has 1 heterocycles. The summed E-state index contributed by atoms with van der Waals surface area (Å²) < 4.78 is 6.31. The summed E-state index contributed by atoms with van der Waals surface area (Å²) in [5.74, 6) is 0. The van der Waals surface area contributed by atoms with E-state index < -0.39 is 8.32 Å². The predicted octanol–water partition coefficient (Wildman–Crippen LogP) is 7.17. The van der Waals surface area contributed by atoms with E-state index in [1.165, 1.54) is 54.7 Å². The fraction of sp³-hybridized carbons (Fsp3) is 0.789. The van der Waals surface area contributed by atoms with Gasteiger partial charge in [0.15, 0.2) is 8.32 Å². The van der Waals surface area contributed by atoms with Gasteiger partial charge in [-0.25, -0.2) is 0 Å². The fourth-order valence-electron chi connectivity index (χ4n) is 2.18. The standard InChI is InChI=1S/C19H36OSSi/c1-7-8-9-10-11-12-13-17-14-15-18(21-17)16-20-22(5,6)19(2,3)4/h14-15H,7-13,16H2,1-6H3. The molecule has 1 aromatic rings. The molecule has 1 aromatic heterocycles. The second-order valence-electron chi connectivity index (χ2n) is 7.93. The molecule has 0 aliphatic carbocycles. The van der Waals surface area contributed by atoms with Crippen molar-refractivity contribution in [1.82, 2.24) is 0 Å². The van der Waals surface area contributed by atoms with E-state index in [1.54, 1.807) is 0 Å². The van der Waals surface area contributed by atoms with Crippen molar-refractivity contribution in [2.24, 2.45) is 0 Å². The molecule has 0 saturated heterocycles. The average Bonchev–Trinajstić information content (AvgIpc) is 2.87. The summed E-state index contributed by atoms with van der Waals surface area (Å²) in [7, 11) is -1.62. The number of aryl methyl sites for hydroxylation is 1. The lowest BCUT2D eigenvalue weighted by Gasteiger charge is -2.36. The molecule has 0 saturated carbocycles. The molecule has 0 atom stereocenters. The zero-order valence-electron chi connectivity index (χ0n) is 15.6. The third-order valence-corrected chi connectivity index (χ3v) is 10.5. The molecule has 1 rings (SSSR count). The lowest BCUT2D eigenvalue weighted by Crippen LogP contribution is -2.40. The van der Waals surface area contributed by atoms with Crippen molar-refractivity contribution in [3.63, 3.8) is 0 Å². The normalized spacial score (nSPS) is 12.8. The Hall–Kier alpha value is -0.123. The Labute approximate surface area is 143 Å². The van der Waals surface area contributed by atoms with Gasteiger partial charge in [0.1, 0.15) is 0 Å². The highest BCUT2D eigenvalue weighted by molar-refractivity contribution is 7.12. The van der Waals surface area contributed by atoms with Crippen molar-refractivity contribution in [1.29, 1.82) is 0 Å². The first-order valence-electron chi connectivity index (χ1n) is 8.98. The zero-order valence-corrected chi connectivity index (χ0v) is 17.4. The van der Waals surface area contributed by atoms with Gasteiger partial charge in [-0.15, -0.1) is 11.3 Å². The van der Waals surface area contributed by atoms with Crippen LogP contribution in [0.4, 0.5) is 0 Å². The van der Waals surface area contributed by atoms with Crippen LogP contribution in [-0.2, 0) is 17.5 Å². The van der Waals surface area contributed by atoms with Gasteiger partial charge in [0, 0.05) is 9.75 Å². The van der Waals surface area contributed by atoms with Crippen molar-refractivity contribution in [2.75, 3.05) is 0 Å². The molecule has 0 amide bonds. The van der Waals surface area contributed by atoms with Crippen molar-refractivity contribution in [3.8, 4) is 0 Å². The highest BCUT2D eigenvalue weighted by atomic mass is 32.1. The quantitative estimate of drug-likeness (QED) is 0.324. The number of rotatable bonds is 10. The maximum Gasteiger partial charge on any atom is 0.192 e. The van der Waals surface area contributed by atoms with Gasteiger partial charge in [-0.2, -0.15) is 0 Å². The summed E-state index contributed by atoms with van der Waals surface area (Å²) in [5, 5.41) is 0.297. The molecule has 0 N–H and O–H groups in total. The first-order valence-corrected chi connectivity index (χ1v) is 12.7. The number of hydrogen-bond acceptors (Lipinski definition) is 2. The third-order valence-electron chi connectivity index (χ3n) is 4.88. The van der Waals surface area contributed by atoms with E-state index in [0.29, 0.717) is 5.04 Å². The van der Waals surface area contributed by atoms with E-state index in [1.807, 2.05) is 11.3 Å². The molecule has 0 aromatic carbocycles. The molecule has 0 aliphatic rings. The van der Waals surface area contributed by atoms with E-state index in [0.717, 1.165) is 6.61 Å². The molecule has 0 unspecified atom stereocenters. The smallest absolute Gasteiger partial charge is 0.192 e. The summed E-state index contributed by atoms with van der Waals surface area (Å²) in [5.41, 5.74) is 0. The molecule has 0 aliphatic heterocycles. The largest absolute Gasteiger partial charge is 0.412 e. The lowest BCUT2D eigenvalue weighted by atomic mass is 10.1. The Bertz CT molecular complexity index is 417. The minimum atomic E-state index is -1.62. The monoisotopic (exact) mass is 340 g/mol. The number of unbranched alkanes of at least 4 members (excludes halogenated alkanes) is 5. The number of thiophene rings is 1. The maximum atomic E-state index is 6.31. The van der Waals surface area contributed by atoms with Gasteiger partial charge in [0.25, 0.3) is 0 Å². The first-order chi connectivity index (χ1) is 10.3. The minimum absolute atomic E-state index is 0.297. The molecule has 0 fully saturated rings. The van der Waals surface area contributed by atoms with Crippen LogP contribution in [-0.4, -0.2) is 8.32 Å². The van der Waals surface area contributed by atoms with Crippen molar-refractivity contribution >= 4 is 19.7 Å². The van der Waals surface area contributed by atoms with Crippen molar-refractivity contribution in [2.45, 2.75) is 97.4 Å². The summed E-state index contributed by atoms with van der Waals surface area (Å²) in [6.45, 7) is 14.7. The predicted molar refractivity (Wildman–Crippen MR) is 103 cm³/mol. The zero-order chi connectivity index (χ0) is 16.6. The van der Waals surface area contributed by atoms with Crippen LogP contribution in [0.5, 0.6) is 0 Å². The molecule has 22 heavy (non-hydrogen) atoms. The molecule has 0 bridgehead atoms. The minimum Gasteiger partial charge on any atom is -0.412 e. The van der Waals surface area contributed by atoms with Crippen LogP contribution in [0.1, 0.15) is 76.0 Å². The average molecular weight is 341 g/mol. The van der Waals surface area contributed by atoms with Crippen LogP contribution in [0, 0.1) is 0 Å². The first kappa shape index (κ1) is 19.9. The molecule has 128 valence electrons. The second kappa shape index (κ2) is 9.24.